The van der Waals surface area contributed by atoms with E-state index in [-0.39, 0.29) is 5.69 Å². The number of carbonyl (C=O) groups is 4. The van der Waals surface area contributed by atoms with Crippen molar-refractivity contribution in [1.82, 2.24) is 10.2 Å². The second kappa shape index (κ2) is 9.23. The summed E-state index contributed by atoms with van der Waals surface area (Å²) in [7, 11) is 0. The van der Waals surface area contributed by atoms with Gasteiger partial charge < -0.3 is 15.4 Å². The van der Waals surface area contributed by atoms with Gasteiger partial charge in [0.15, 0.2) is 6.10 Å². The van der Waals surface area contributed by atoms with Crippen molar-refractivity contribution in [2.24, 2.45) is 5.92 Å². The maximum absolute atomic E-state index is 13.6. The molecule has 0 aromatic heterocycles. The van der Waals surface area contributed by atoms with Gasteiger partial charge in [-0.05, 0) is 57.2 Å². The van der Waals surface area contributed by atoms with Crippen molar-refractivity contribution >= 4 is 29.5 Å². The van der Waals surface area contributed by atoms with Gasteiger partial charge in [0.1, 0.15) is 17.9 Å². The van der Waals surface area contributed by atoms with Crippen LogP contribution in [-0.4, -0.2) is 46.9 Å². The maximum atomic E-state index is 13.6. The first-order chi connectivity index (χ1) is 13.9. The normalized spacial score (nSPS) is 19.6. The molecule has 0 bridgehead atoms. The lowest BCUT2D eigenvalue weighted by Crippen LogP contribution is -2.44. The molecule has 1 aliphatic rings. The monoisotopic (exact) mass is 421 g/mol. The average molecular weight is 421 g/mol. The summed E-state index contributed by atoms with van der Waals surface area (Å²) in [4.78, 5) is 50.0. The molecular weight excluding hydrogens is 393 g/mol. The highest BCUT2D eigenvalue weighted by Gasteiger charge is 2.48. The number of hydrogen-bond acceptors (Lipinski definition) is 5. The minimum atomic E-state index is -1.20. The smallest absolute Gasteiger partial charge is 0.327 e. The van der Waals surface area contributed by atoms with Crippen LogP contribution in [0.2, 0.25) is 0 Å². The molecule has 1 heterocycles. The molecule has 0 aliphatic carbocycles. The zero-order valence-corrected chi connectivity index (χ0v) is 17.9. The van der Waals surface area contributed by atoms with Crippen molar-refractivity contribution in [3.05, 3.63) is 29.6 Å². The van der Waals surface area contributed by atoms with E-state index in [0.29, 0.717) is 17.9 Å². The summed E-state index contributed by atoms with van der Waals surface area (Å²) < 4.78 is 18.6. The number of nitrogens with zero attached hydrogens (tertiary/aromatic N) is 1. The van der Waals surface area contributed by atoms with Gasteiger partial charge in [0.2, 0.25) is 0 Å². The third-order valence-electron chi connectivity index (χ3n) is 4.97. The summed E-state index contributed by atoms with van der Waals surface area (Å²) >= 11 is 0. The Kier molecular flexibility index (Phi) is 7.17. The van der Waals surface area contributed by atoms with Gasteiger partial charge in [-0.3, -0.25) is 19.3 Å². The van der Waals surface area contributed by atoms with Crippen molar-refractivity contribution < 1.29 is 28.3 Å². The minimum absolute atomic E-state index is 0.223. The number of aryl methyl sites for hydroxylation is 1. The third-order valence-corrected chi connectivity index (χ3v) is 4.97. The molecule has 0 saturated carbocycles. The van der Waals surface area contributed by atoms with Crippen molar-refractivity contribution in [3.63, 3.8) is 0 Å². The highest BCUT2D eigenvalue weighted by molar-refractivity contribution is 6.08. The fourth-order valence-corrected chi connectivity index (χ4v) is 2.97. The standard InChI is InChI=1S/C21H28FN3O5/c1-12(2)8-9-21(5)19(28)25(20(29)24-21)11-17(26)30-14(4)18(27)23-15-7-6-13(3)16(22)10-15/h6-7,10,12,14H,8-9,11H2,1-5H3,(H,23,27)(H,24,29)/t14-,21+/m0/s1. The van der Waals surface area contributed by atoms with Crippen molar-refractivity contribution in [2.45, 2.75) is 59.1 Å². The third kappa shape index (κ3) is 5.55. The Morgan fingerprint density at radius 1 is 1.27 bits per heavy atom. The van der Waals surface area contributed by atoms with Gasteiger partial charge in [-0.15, -0.1) is 0 Å². The molecule has 1 saturated heterocycles. The SMILES string of the molecule is Cc1ccc(NC(=O)[C@H](C)OC(=O)CN2C(=O)N[C@](C)(CCC(C)C)C2=O)cc1F. The van der Waals surface area contributed by atoms with E-state index in [9.17, 15) is 23.6 Å². The van der Waals surface area contributed by atoms with Gasteiger partial charge in [-0.2, -0.15) is 0 Å². The van der Waals surface area contributed by atoms with Crippen LogP contribution < -0.4 is 10.6 Å². The van der Waals surface area contributed by atoms with Crippen molar-refractivity contribution in [2.75, 3.05) is 11.9 Å². The summed E-state index contributed by atoms with van der Waals surface area (Å²) in [5, 5.41) is 5.07. The molecule has 1 aromatic carbocycles. The lowest BCUT2D eigenvalue weighted by molar-refractivity contribution is -0.155. The Morgan fingerprint density at radius 3 is 2.53 bits per heavy atom. The molecule has 0 spiro atoms. The Hall–Kier alpha value is -2.97. The lowest BCUT2D eigenvalue weighted by Gasteiger charge is -2.22. The number of esters is 1. The highest BCUT2D eigenvalue weighted by atomic mass is 19.1. The summed E-state index contributed by atoms with van der Waals surface area (Å²) in [5.74, 6) is -2.18. The van der Waals surface area contributed by atoms with Crippen molar-refractivity contribution in [1.29, 1.82) is 0 Å². The van der Waals surface area contributed by atoms with Gasteiger partial charge in [-0.1, -0.05) is 19.9 Å². The molecule has 9 heteroatoms. The van der Waals surface area contributed by atoms with E-state index in [4.69, 9.17) is 4.74 Å². The summed E-state index contributed by atoms with van der Waals surface area (Å²) in [5.41, 5.74) is -0.414. The van der Waals surface area contributed by atoms with E-state index in [1.165, 1.54) is 19.1 Å². The number of carbonyl (C=O) groups excluding carboxylic acids is 4. The fourth-order valence-electron chi connectivity index (χ4n) is 2.97. The second-order valence-electron chi connectivity index (χ2n) is 8.17. The molecule has 164 valence electrons. The van der Waals surface area contributed by atoms with E-state index in [0.717, 1.165) is 17.4 Å². The first-order valence-corrected chi connectivity index (χ1v) is 9.83. The molecule has 30 heavy (non-hydrogen) atoms. The number of amides is 4. The number of nitrogens with one attached hydrogen (secondary N) is 2. The van der Waals surface area contributed by atoms with Crippen LogP contribution in [0.15, 0.2) is 18.2 Å². The molecular formula is C21H28FN3O5. The van der Waals surface area contributed by atoms with Crippen LogP contribution in [0, 0.1) is 18.7 Å². The largest absolute Gasteiger partial charge is 0.451 e. The summed E-state index contributed by atoms with van der Waals surface area (Å²) in [6.07, 6.45) is -0.0143. The zero-order valence-electron chi connectivity index (χ0n) is 17.9. The molecule has 2 atom stereocenters. The lowest BCUT2D eigenvalue weighted by atomic mass is 9.92. The number of urea groups is 1. The topological polar surface area (TPSA) is 105 Å². The molecule has 2 rings (SSSR count). The van der Waals surface area contributed by atoms with E-state index in [1.807, 2.05) is 13.8 Å². The Morgan fingerprint density at radius 2 is 1.93 bits per heavy atom. The van der Waals surface area contributed by atoms with E-state index >= 15 is 0 Å². The average Bonchev–Trinajstić information content (AvgIpc) is 2.86. The van der Waals surface area contributed by atoms with Gasteiger partial charge in [0, 0.05) is 5.69 Å². The zero-order chi connectivity index (χ0) is 22.6. The first-order valence-electron chi connectivity index (χ1n) is 9.83. The van der Waals surface area contributed by atoms with E-state index in [2.05, 4.69) is 10.6 Å². The number of benzene rings is 1. The van der Waals surface area contributed by atoms with Crippen LogP contribution in [0.25, 0.3) is 0 Å². The first kappa shape index (κ1) is 23.3. The minimum Gasteiger partial charge on any atom is -0.451 e. The predicted molar refractivity (Wildman–Crippen MR) is 108 cm³/mol. The maximum Gasteiger partial charge on any atom is 0.327 e. The Balaban J connectivity index is 1.92. The number of hydrogen-bond donors (Lipinski definition) is 2. The van der Waals surface area contributed by atoms with Gasteiger partial charge in [0.05, 0.1) is 0 Å². The van der Waals surface area contributed by atoms with Crippen LogP contribution in [0.5, 0.6) is 0 Å². The number of halogens is 1. The molecule has 1 fully saturated rings. The summed E-state index contributed by atoms with van der Waals surface area (Å²) in [6.45, 7) is 7.98. The molecule has 1 aliphatic heterocycles. The number of imide groups is 1. The van der Waals surface area contributed by atoms with Gasteiger partial charge in [0.25, 0.3) is 11.8 Å². The highest BCUT2D eigenvalue weighted by Crippen LogP contribution is 2.24. The van der Waals surface area contributed by atoms with Crippen molar-refractivity contribution in [3.8, 4) is 0 Å². The van der Waals surface area contributed by atoms with Crippen LogP contribution >= 0.6 is 0 Å². The molecule has 2 N–H and O–H groups in total. The number of ether oxygens (including phenoxy) is 1. The predicted octanol–water partition coefficient (Wildman–Crippen LogP) is 2.75. The molecule has 0 radical (unpaired) electrons. The summed E-state index contributed by atoms with van der Waals surface area (Å²) in [6, 6.07) is 3.52. The van der Waals surface area contributed by atoms with Crippen LogP contribution in [0.3, 0.4) is 0 Å². The number of anilines is 1. The van der Waals surface area contributed by atoms with Crippen LogP contribution in [0.4, 0.5) is 14.9 Å². The second-order valence-corrected chi connectivity index (χ2v) is 8.17. The molecule has 1 aromatic rings. The Labute approximate surface area is 175 Å². The van der Waals surface area contributed by atoms with E-state index < -0.39 is 47.8 Å². The van der Waals surface area contributed by atoms with Crippen LogP contribution in [-0.2, 0) is 19.1 Å². The molecule has 0 unspecified atom stereocenters. The Bertz CT molecular complexity index is 857. The molecule has 4 amide bonds. The fraction of sp³-hybridized carbons (Fsp3) is 0.524. The number of rotatable bonds is 8. The quantitative estimate of drug-likeness (QED) is 0.496. The van der Waals surface area contributed by atoms with Gasteiger partial charge in [-0.25, -0.2) is 9.18 Å². The van der Waals surface area contributed by atoms with Crippen LogP contribution in [0.1, 0.15) is 46.1 Å². The molecule has 8 nitrogen and oxygen atoms in total. The van der Waals surface area contributed by atoms with E-state index in [1.54, 1.807) is 13.8 Å². The van der Waals surface area contributed by atoms with Gasteiger partial charge >= 0.3 is 12.0 Å².